The van der Waals surface area contributed by atoms with Crippen LogP contribution in [0.25, 0.3) is 71.6 Å². The molecule has 1 aromatic heterocycles. The molecule has 0 saturated heterocycles. The minimum absolute atomic E-state index is 1.12. The van der Waals surface area contributed by atoms with Crippen LogP contribution in [0, 0.1) is 0 Å². The third-order valence-corrected chi connectivity index (χ3v) is 10.6. The van der Waals surface area contributed by atoms with E-state index in [-0.39, 0.29) is 0 Å². The van der Waals surface area contributed by atoms with Gasteiger partial charge < -0.3 is 9.47 Å². The molecule has 9 aromatic carbocycles. The maximum Gasteiger partial charge on any atom is 0.0562 e. The highest BCUT2D eigenvalue weighted by Gasteiger charge is 2.26. The average molecular weight is 689 g/mol. The first-order valence-electron chi connectivity index (χ1n) is 18.5. The summed E-state index contributed by atoms with van der Waals surface area (Å²) in [5.74, 6) is 0. The molecule has 0 fully saturated rings. The van der Waals surface area contributed by atoms with Crippen molar-refractivity contribution in [2.75, 3.05) is 4.90 Å². The number of hydrogen-bond donors (Lipinski definition) is 0. The van der Waals surface area contributed by atoms with Crippen molar-refractivity contribution in [2.45, 2.75) is 0 Å². The SMILES string of the molecule is c1ccc(-c2ccccc2N(c2ccc(-c3ccccc3)c3ccccc23)c2cccc3c2c2c(-c4ccccc4)cccc2n3-c2ccccc2)cc1. The molecule has 0 saturated carbocycles. The van der Waals surface area contributed by atoms with Gasteiger partial charge in [-0.15, -0.1) is 0 Å². The molecule has 0 atom stereocenters. The summed E-state index contributed by atoms with van der Waals surface area (Å²) in [6.07, 6.45) is 0. The van der Waals surface area contributed by atoms with Gasteiger partial charge in [-0.25, -0.2) is 0 Å². The van der Waals surface area contributed by atoms with E-state index in [9.17, 15) is 0 Å². The third kappa shape index (κ3) is 5.27. The third-order valence-electron chi connectivity index (χ3n) is 10.6. The van der Waals surface area contributed by atoms with Crippen LogP contribution in [-0.2, 0) is 0 Å². The second-order valence-corrected chi connectivity index (χ2v) is 13.7. The van der Waals surface area contributed by atoms with Crippen molar-refractivity contribution in [3.8, 4) is 39.1 Å². The quantitative estimate of drug-likeness (QED) is 0.162. The number of nitrogens with zero attached hydrogens (tertiary/aromatic N) is 2. The Balaban J connectivity index is 1.36. The summed E-state index contributed by atoms with van der Waals surface area (Å²) < 4.78 is 2.43. The summed E-state index contributed by atoms with van der Waals surface area (Å²) in [7, 11) is 0. The first kappa shape index (κ1) is 31.6. The van der Waals surface area contributed by atoms with Crippen LogP contribution in [0.2, 0.25) is 0 Å². The molecular weight excluding hydrogens is 653 g/mol. The van der Waals surface area contributed by atoms with E-state index >= 15 is 0 Å². The Morgan fingerprint density at radius 2 is 0.759 bits per heavy atom. The van der Waals surface area contributed by atoms with E-state index in [0.29, 0.717) is 0 Å². The largest absolute Gasteiger partial charge is 0.309 e. The van der Waals surface area contributed by atoms with Crippen LogP contribution in [0.3, 0.4) is 0 Å². The summed E-state index contributed by atoms with van der Waals surface area (Å²) in [4.78, 5) is 2.51. The van der Waals surface area contributed by atoms with Crippen molar-refractivity contribution in [2.24, 2.45) is 0 Å². The van der Waals surface area contributed by atoms with Crippen LogP contribution in [0.15, 0.2) is 218 Å². The summed E-state index contributed by atoms with van der Waals surface area (Å²) in [5, 5.41) is 4.83. The molecular formula is C52H36N2. The molecule has 0 N–H and O–H groups in total. The van der Waals surface area contributed by atoms with Crippen LogP contribution in [0.5, 0.6) is 0 Å². The number of anilines is 3. The van der Waals surface area contributed by atoms with Gasteiger partial charge in [-0.2, -0.15) is 0 Å². The van der Waals surface area contributed by atoms with Gasteiger partial charge in [-0.1, -0.05) is 176 Å². The predicted molar refractivity (Wildman–Crippen MR) is 229 cm³/mol. The molecule has 0 spiro atoms. The summed E-state index contributed by atoms with van der Waals surface area (Å²) in [6.45, 7) is 0. The number of aromatic nitrogens is 1. The zero-order chi connectivity index (χ0) is 35.8. The highest BCUT2D eigenvalue weighted by atomic mass is 15.2. The van der Waals surface area contributed by atoms with Gasteiger partial charge in [0.15, 0.2) is 0 Å². The highest BCUT2D eigenvalue weighted by molar-refractivity contribution is 6.22. The summed E-state index contributed by atoms with van der Waals surface area (Å²) >= 11 is 0. The lowest BCUT2D eigenvalue weighted by molar-refractivity contribution is 1.18. The lowest BCUT2D eigenvalue weighted by Crippen LogP contribution is -2.12. The molecule has 2 nitrogen and oxygen atoms in total. The monoisotopic (exact) mass is 688 g/mol. The van der Waals surface area contributed by atoms with Crippen LogP contribution in [-0.4, -0.2) is 4.57 Å². The zero-order valence-corrected chi connectivity index (χ0v) is 29.7. The normalized spacial score (nSPS) is 11.3. The Bertz CT molecular complexity index is 2910. The van der Waals surface area contributed by atoms with Crippen molar-refractivity contribution in [1.29, 1.82) is 0 Å². The second kappa shape index (κ2) is 13.4. The molecule has 1 heterocycles. The zero-order valence-electron chi connectivity index (χ0n) is 29.7. The van der Waals surface area contributed by atoms with Gasteiger partial charge >= 0.3 is 0 Å². The Hall–Kier alpha value is -7.16. The number of fused-ring (bicyclic) bond motifs is 4. The van der Waals surface area contributed by atoms with Gasteiger partial charge in [-0.3, -0.25) is 0 Å². The number of hydrogen-bond acceptors (Lipinski definition) is 1. The van der Waals surface area contributed by atoms with Gasteiger partial charge in [-0.05, 0) is 75.7 Å². The van der Waals surface area contributed by atoms with E-state index in [1.807, 2.05) is 0 Å². The van der Waals surface area contributed by atoms with Gasteiger partial charge in [0.25, 0.3) is 0 Å². The highest BCUT2D eigenvalue weighted by Crippen LogP contribution is 2.50. The first-order valence-corrected chi connectivity index (χ1v) is 18.5. The lowest BCUT2D eigenvalue weighted by atomic mass is 9.94. The predicted octanol–water partition coefficient (Wildman–Crippen LogP) is 14.4. The number of rotatable bonds is 7. The van der Waals surface area contributed by atoms with Crippen LogP contribution in [0.1, 0.15) is 0 Å². The van der Waals surface area contributed by atoms with Crippen molar-refractivity contribution in [3.05, 3.63) is 218 Å². The Kier molecular flexibility index (Phi) is 7.85. The van der Waals surface area contributed by atoms with Gasteiger partial charge in [0.05, 0.1) is 28.1 Å². The van der Waals surface area contributed by atoms with E-state index in [0.717, 1.165) is 28.3 Å². The van der Waals surface area contributed by atoms with Crippen molar-refractivity contribution >= 4 is 49.6 Å². The molecule has 10 aromatic rings. The molecule has 10 rings (SSSR count). The molecule has 0 unspecified atom stereocenters. The second-order valence-electron chi connectivity index (χ2n) is 13.7. The van der Waals surface area contributed by atoms with E-state index in [4.69, 9.17) is 0 Å². The van der Waals surface area contributed by atoms with E-state index in [1.54, 1.807) is 0 Å². The van der Waals surface area contributed by atoms with Crippen molar-refractivity contribution < 1.29 is 0 Å². The Morgan fingerprint density at radius 3 is 1.44 bits per heavy atom. The molecule has 0 aliphatic carbocycles. The molecule has 254 valence electrons. The van der Waals surface area contributed by atoms with E-state index in [2.05, 4.69) is 228 Å². The van der Waals surface area contributed by atoms with Crippen LogP contribution < -0.4 is 4.90 Å². The van der Waals surface area contributed by atoms with Gasteiger partial charge in [0, 0.05) is 27.4 Å². The van der Waals surface area contributed by atoms with Crippen molar-refractivity contribution in [1.82, 2.24) is 4.57 Å². The van der Waals surface area contributed by atoms with E-state index < -0.39 is 0 Å². The standard InChI is InChI=1S/C52H36N2/c1-5-19-37(20-6-1)41-35-36-47(45-29-14-13-28-44(41)45)54(46-31-16-15-27-42(46)38-21-7-2-8-22-38)50-34-18-33-49-52(50)51-43(39-23-9-3-10-24-39)30-17-32-48(51)53(49)40-25-11-4-12-26-40/h1-36H. The topological polar surface area (TPSA) is 8.17 Å². The number of benzene rings is 9. The molecule has 0 aliphatic rings. The minimum Gasteiger partial charge on any atom is -0.309 e. The fourth-order valence-corrected chi connectivity index (χ4v) is 8.26. The number of para-hydroxylation sites is 2. The average Bonchev–Trinajstić information content (AvgIpc) is 3.60. The van der Waals surface area contributed by atoms with Crippen LogP contribution >= 0.6 is 0 Å². The molecule has 0 radical (unpaired) electrons. The molecule has 2 heteroatoms. The van der Waals surface area contributed by atoms with E-state index in [1.165, 1.54) is 60.4 Å². The summed E-state index contributed by atoms with van der Waals surface area (Å²) in [6, 6.07) is 78.9. The van der Waals surface area contributed by atoms with Crippen LogP contribution in [0.4, 0.5) is 17.1 Å². The fraction of sp³-hybridized carbons (Fsp3) is 0. The Morgan fingerprint density at radius 1 is 0.278 bits per heavy atom. The lowest BCUT2D eigenvalue weighted by Gasteiger charge is -2.30. The maximum atomic E-state index is 2.51. The fourth-order valence-electron chi connectivity index (χ4n) is 8.26. The van der Waals surface area contributed by atoms with Crippen molar-refractivity contribution in [3.63, 3.8) is 0 Å². The molecule has 0 amide bonds. The van der Waals surface area contributed by atoms with Gasteiger partial charge in [0.2, 0.25) is 0 Å². The summed E-state index contributed by atoms with van der Waals surface area (Å²) in [5.41, 5.74) is 14.0. The first-order chi connectivity index (χ1) is 26.8. The smallest absolute Gasteiger partial charge is 0.0562 e. The molecule has 0 bridgehead atoms. The molecule has 54 heavy (non-hydrogen) atoms. The minimum atomic E-state index is 1.12. The maximum absolute atomic E-state index is 2.51. The Labute approximate surface area is 315 Å². The molecule has 0 aliphatic heterocycles. The van der Waals surface area contributed by atoms with Gasteiger partial charge in [0.1, 0.15) is 0 Å².